The summed E-state index contributed by atoms with van der Waals surface area (Å²) in [5, 5.41) is 14.2. The Morgan fingerprint density at radius 1 is 1.60 bits per heavy atom. The molecular formula is C8H10N2O5. The molecule has 1 heterocycles. The fourth-order valence-electron chi connectivity index (χ4n) is 1.04. The van der Waals surface area contributed by atoms with Crippen molar-refractivity contribution < 1.29 is 24.3 Å². The lowest BCUT2D eigenvalue weighted by atomic mass is 10.3. The fourth-order valence-corrected chi connectivity index (χ4v) is 1.04. The average Bonchev–Trinajstić information content (AvgIpc) is 2.51. The molecule has 0 aliphatic carbocycles. The molecule has 15 heavy (non-hydrogen) atoms. The minimum atomic E-state index is -1.47. The topological polar surface area (TPSA) is 105 Å². The first-order valence-corrected chi connectivity index (χ1v) is 4.28. The molecule has 1 rings (SSSR count). The van der Waals surface area contributed by atoms with Gasteiger partial charge >= 0.3 is 5.97 Å². The Bertz CT molecular complexity index is 320. The Hall–Kier alpha value is -1.92. The summed E-state index contributed by atoms with van der Waals surface area (Å²) >= 11 is 0. The van der Waals surface area contributed by atoms with E-state index < -0.39 is 23.6 Å². The van der Waals surface area contributed by atoms with Gasteiger partial charge < -0.3 is 15.3 Å². The number of nitrogens with zero attached hydrogens (tertiary/aromatic N) is 1. The zero-order valence-electron chi connectivity index (χ0n) is 8.02. The highest BCUT2D eigenvalue weighted by atomic mass is 16.6. The quantitative estimate of drug-likeness (QED) is 0.352. The van der Waals surface area contributed by atoms with Gasteiger partial charge in [0.05, 0.1) is 0 Å². The molecule has 1 aliphatic heterocycles. The van der Waals surface area contributed by atoms with Gasteiger partial charge in [-0.1, -0.05) is 5.16 Å². The standard InChI is InChI=1S/C8H10N2O5/c1-4(11)6(8(13)14)10-15-5-2-3-9-7(5)12/h5H,2-3H2,1H3,(H,9,12)(H,13,14)/b10-6-/t5-/m0/s1. The first-order valence-electron chi connectivity index (χ1n) is 4.28. The van der Waals surface area contributed by atoms with Gasteiger partial charge in [-0.25, -0.2) is 4.79 Å². The number of carbonyl (C=O) groups is 3. The van der Waals surface area contributed by atoms with Crippen LogP contribution in [0, 0.1) is 0 Å². The number of oxime groups is 1. The molecule has 0 radical (unpaired) electrons. The number of amides is 1. The van der Waals surface area contributed by atoms with Crippen molar-refractivity contribution in [3.05, 3.63) is 0 Å². The maximum absolute atomic E-state index is 11.0. The molecule has 1 fully saturated rings. The fraction of sp³-hybridized carbons (Fsp3) is 0.500. The first kappa shape index (κ1) is 11.2. The van der Waals surface area contributed by atoms with Gasteiger partial charge in [-0.05, 0) is 0 Å². The zero-order chi connectivity index (χ0) is 11.4. The van der Waals surface area contributed by atoms with Crippen LogP contribution in [0.5, 0.6) is 0 Å². The molecule has 7 nitrogen and oxygen atoms in total. The summed E-state index contributed by atoms with van der Waals surface area (Å²) in [6.07, 6.45) is -0.397. The molecule has 0 bridgehead atoms. The summed E-state index contributed by atoms with van der Waals surface area (Å²) in [4.78, 5) is 36.9. The van der Waals surface area contributed by atoms with Crippen LogP contribution in [0.3, 0.4) is 0 Å². The number of ketones is 1. The highest BCUT2D eigenvalue weighted by molar-refractivity contribution is 6.63. The number of Topliss-reactive ketones (excluding diaryl/α,β-unsaturated/α-hetero) is 1. The van der Waals surface area contributed by atoms with Crippen LogP contribution in [0.4, 0.5) is 0 Å². The Kier molecular flexibility index (Phi) is 3.37. The van der Waals surface area contributed by atoms with Crippen molar-refractivity contribution in [1.29, 1.82) is 0 Å². The summed E-state index contributed by atoms with van der Waals surface area (Å²) in [6, 6.07) is 0. The highest BCUT2D eigenvalue weighted by Gasteiger charge is 2.27. The Labute approximate surface area is 85.1 Å². The molecule has 1 saturated heterocycles. The van der Waals surface area contributed by atoms with E-state index in [4.69, 9.17) is 5.11 Å². The molecule has 1 atom stereocenters. The summed E-state index contributed by atoms with van der Waals surface area (Å²) in [5.41, 5.74) is -0.713. The van der Waals surface area contributed by atoms with Crippen LogP contribution in [-0.4, -0.2) is 41.1 Å². The van der Waals surface area contributed by atoms with Crippen LogP contribution < -0.4 is 5.32 Å². The molecule has 82 valence electrons. The average molecular weight is 214 g/mol. The predicted molar refractivity (Wildman–Crippen MR) is 48.3 cm³/mol. The number of aliphatic carboxylic acids is 1. The van der Waals surface area contributed by atoms with Crippen LogP contribution in [0.2, 0.25) is 0 Å². The van der Waals surface area contributed by atoms with E-state index in [2.05, 4.69) is 15.3 Å². The number of carboxylic acid groups (broad SMARTS) is 1. The minimum absolute atomic E-state index is 0.355. The Morgan fingerprint density at radius 3 is 2.67 bits per heavy atom. The number of nitrogens with one attached hydrogen (secondary N) is 1. The van der Waals surface area contributed by atoms with E-state index in [0.717, 1.165) is 6.92 Å². The molecule has 1 amide bonds. The maximum atomic E-state index is 11.0. The van der Waals surface area contributed by atoms with E-state index in [-0.39, 0.29) is 5.91 Å². The molecule has 0 aromatic rings. The minimum Gasteiger partial charge on any atom is -0.476 e. The van der Waals surface area contributed by atoms with Crippen molar-refractivity contribution in [3.8, 4) is 0 Å². The summed E-state index contributed by atoms with van der Waals surface area (Å²) in [7, 11) is 0. The monoisotopic (exact) mass is 214 g/mol. The zero-order valence-corrected chi connectivity index (χ0v) is 8.02. The van der Waals surface area contributed by atoms with Gasteiger partial charge in [0.15, 0.2) is 5.78 Å². The second kappa shape index (κ2) is 4.54. The lowest BCUT2D eigenvalue weighted by molar-refractivity contribution is -0.132. The number of carbonyl (C=O) groups excluding carboxylic acids is 2. The summed E-state index contributed by atoms with van der Waals surface area (Å²) in [6.45, 7) is 1.52. The maximum Gasteiger partial charge on any atom is 0.361 e. The molecule has 0 aromatic heterocycles. The molecule has 0 aromatic carbocycles. The SMILES string of the molecule is CC(=O)/C(=N/O[C@H]1CCNC1=O)C(=O)O. The second-order valence-corrected chi connectivity index (χ2v) is 2.97. The van der Waals surface area contributed by atoms with Crippen LogP contribution in [-0.2, 0) is 19.2 Å². The molecule has 7 heteroatoms. The summed E-state index contributed by atoms with van der Waals surface area (Å²) < 4.78 is 0. The van der Waals surface area contributed by atoms with E-state index in [1.165, 1.54) is 0 Å². The van der Waals surface area contributed by atoms with Gasteiger partial charge in [-0.2, -0.15) is 0 Å². The van der Waals surface area contributed by atoms with Gasteiger partial charge in [0.2, 0.25) is 11.8 Å². The van der Waals surface area contributed by atoms with Crippen LogP contribution in [0.15, 0.2) is 5.16 Å². The van der Waals surface area contributed by atoms with Gasteiger partial charge in [-0.3, -0.25) is 9.59 Å². The third kappa shape index (κ3) is 2.76. The van der Waals surface area contributed by atoms with Crippen molar-refractivity contribution in [3.63, 3.8) is 0 Å². The first-order chi connectivity index (χ1) is 7.02. The molecule has 0 unspecified atom stereocenters. The number of carboxylic acids is 1. The van der Waals surface area contributed by atoms with E-state index >= 15 is 0 Å². The van der Waals surface area contributed by atoms with Gasteiger partial charge in [-0.15, -0.1) is 0 Å². The van der Waals surface area contributed by atoms with Crippen molar-refractivity contribution in [1.82, 2.24) is 5.32 Å². The summed E-state index contributed by atoms with van der Waals surface area (Å²) in [5.74, 6) is -2.55. The third-order valence-corrected chi connectivity index (χ3v) is 1.81. The predicted octanol–water partition coefficient (Wildman–Crippen LogP) is -1.08. The van der Waals surface area contributed by atoms with Crippen molar-refractivity contribution in [2.45, 2.75) is 19.4 Å². The molecule has 2 N–H and O–H groups in total. The highest BCUT2D eigenvalue weighted by Crippen LogP contribution is 2.05. The van der Waals surface area contributed by atoms with E-state index in [9.17, 15) is 14.4 Å². The van der Waals surface area contributed by atoms with Crippen LogP contribution in [0.1, 0.15) is 13.3 Å². The molecular weight excluding hydrogens is 204 g/mol. The number of hydrogen-bond acceptors (Lipinski definition) is 5. The lowest BCUT2D eigenvalue weighted by Gasteiger charge is -2.04. The van der Waals surface area contributed by atoms with Gasteiger partial charge in [0.1, 0.15) is 0 Å². The van der Waals surface area contributed by atoms with Crippen molar-refractivity contribution in [2.24, 2.45) is 5.16 Å². The molecule has 1 aliphatic rings. The number of rotatable bonds is 4. The van der Waals surface area contributed by atoms with Gasteiger partial charge in [0, 0.05) is 19.9 Å². The van der Waals surface area contributed by atoms with Crippen molar-refractivity contribution >= 4 is 23.4 Å². The largest absolute Gasteiger partial charge is 0.476 e. The van der Waals surface area contributed by atoms with E-state index in [0.29, 0.717) is 13.0 Å². The number of hydrogen-bond donors (Lipinski definition) is 2. The second-order valence-electron chi connectivity index (χ2n) is 2.97. The molecule has 0 saturated carbocycles. The van der Waals surface area contributed by atoms with Crippen LogP contribution >= 0.6 is 0 Å². The smallest absolute Gasteiger partial charge is 0.361 e. The Balaban J connectivity index is 2.65. The van der Waals surface area contributed by atoms with Crippen molar-refractivity contribution in [2.75, 3.05) is 6.54 Å². The third-order valence-electron chi connectivity index (χ3n) is 1.81. The molecule has 0 spiro atoms. The van der Waals surface area contributed by atoms with Crippen LogP contribution in [0.25, 0.3) is 0 Å². The Morgan fingerprint density at radius 2 is 2.27 bits per heavy atom. The van der Waals surface area contributed by atoms with E-state index in [1.54, 1.807) is 0 Å². The van der Waals surface area contributed by atoms with Gasteiger partial charge in [0.25, 0.3) is 5.91 Å². The van der Waals surface area contributed by atoms with E-state index in [1.807, 2.05) is 0 Å². The lowest BCUT2D eigenvalue weighted by Crippen LogP contribution is -2.26. The normalized spacial score (nSPS) is 21.0.